The molecule has 0 spiro atoms. The number of benzene rings is 2. The lowest BCUT2D eigenvalue weighted by Gasteiger charge is -2.26. The van der Waals surface area contributed by atoms with E-state index in [4.69, 9.17) is 11.6 Å². The Morgan fingerprint density at radius 3 is 2.36 bits per heavy atom. The molecule has 1 unspecified atom stereocenters. The van der Waals surface area contributed by atoms with Gasteiger partial charge in [0, 0.05) is 33.9 Å². The molecule has 0 saturated heterocycles. The van der Waals surface area contributed by atoms with Crippen LogP contribution in [0.2, 0.25) is 5.02 Å². The predicted octanol–water partition coefficient (Wildman–Crippen LogP) is 5.22. The number of para-hydroxylation sites is 1. The summed E-state index contributed by atoms with van der Waals surface area (Å²) < 4.78 is 0. The van der Waals surface area contributed by atoms with E-state index in [1.807, 2.05) is 18.2 Å². The van der Waals surface area contributed by atoms with E-state index >= 15 is 0 Å². The van der Waals surface area contributed by atoms with Crippen LogP contribution in [0.15, 0.2) is 70.8 Å². The number of Topliss-reactive ketones (excluding diaryl/α,β-unsaturated/α-hetero) is 2. The molecule has 0 fully saturated rings. The molecule has 0 aromatic heterocycles. The predicted molar refractivity (Wildman–Crippen MR) is 129 cm³/mol. The number of hydrogen-bond donors (Lipinski definition) is 2. The fourth-order valence-electron chi connectivity index (χ4n) is 4.22. The Morgan fingerprint density at radius 1 is 0.970 bits per heavy atom. The molecule has 0 heterocycles. The van der Waals surface area contributed by atoms with Gasteiger partial charge in [0.05, 0.1) is 5.56 Å². The molecule has 3 rings (SSSR count). The first-order valence-electron chi connectivity index (χ1n) is 11.0. The largest absolute Gasteiger partial charge is 0.507 e. The smallest absolute Gasteiger partial charge is 0.255 e. The fourth-order valence-corrected chi connectivity index (χ4v) is 4.43. The normalized spacial score (nSPS) is 15.2. The van der Waals surface area contributed by atoms with Gasteiger partial charge in [-0.05, 0) is 75.8 Å². The van der Waals surface area contributed by atoms with Crippen LogP contribution < -0.4 is 5.32 Å². The Balaban J connectivity index is 1.77. The maximum Gasteiger partial charge on any atom is 0.255 e. The average Bonchev–Trinajstić information content (AvgIpc) is 2.79. The van der Waals surface area contributed by atoms with Crippen LogP contribution in [0.25, 0.3) is 0 Å². The van der Waals surface area contributed by atoms with Crippen LogP contribution in [-0.2, 0) is 16.0 Å². The highest BCUT2D eigenvalue weighted by atomic mass is 35.5. The maximum atomic E-state index is 13.2. The number of allylic oxidation sites excluding steroid dienone is 4. The lowest BCUT2D eigenvalue weighted by Crippen LogP contribution is -2.28. The summed E-state index contributed by atoms with van der Waals surface area (Å²) in [5.41, 5.74) is 3.23. The van der Waals surface area contributed by atoms with Gasteiger partial charge in [0.2, 0.25) is 0 Å². The molecule has 33 heavy (non-hydrogen) atoms. The van der Waals surface area contributed by atoms with Crippen LogP contribution in [-0.4, -0.2) is 29.1 Å². The molecule has 0 bridgehead atoms. The zero-order valence-electron chi connectivity index (χ0n) is 19.1. The van der Waals surface area contributed by atoms with E-state index in [2.05, 4.69) is 5.32 Å². The van der Waals surface area contributed by atoms with Crippen molar-refractivity contribution < 1.29 is 19.5 Å². The van der Waals surface area contributed by atoms with Crippen molar-refractivity contribution in [1.82, 2.24) is 5.32 Å². The Labute approximate surface area is 199 Å². The summed E-state index contributed by atoms with van der Waals surface area (Å²) in [7, 11) is 0. The zero-order valence-corrected chi connectivity index (χ0v) is 19.8. The van der Waals surface area contributed by atoms with Gasteiger partial charge in [-0.25, -0.2) is 0 Å². The summed E-state index contributed by atoms with van der Waals surface area (Å²) in [4.78, 5) is 38.3. The summed E-state index contributed by atoms with van der Waals surface area (Å²) in [5.74, 6) is -0.794. The van der Waals surface area contributed by atoms with Gasteiger partial charge in [0.1, 0.15) is 5.75 Å². The van der Waals surface area contributed by atoms with Crippen molar-refractivity contribution in [3.63, 3.8) is 0 Å². The molecule has 6 heteroatoms. The number of rotatable bonds is 8. The van der Waals surface area contributed by atoms with E-state index < -0.39 is 0 Å². The third-order valence-corrected chi connectivity index (χ3v) is 6.41. The van der Waals surface area contributed by atoms with Crippen LogP contribution >= 0.6 is 11.6 Å². The van der Waals surface area contributed by atoms with Crippen LogP contribution in [0.5, 0.6) is 5.75 Å². The van der Waals surface area contributed by atoms with E-state index in [1.165, 1.54) is 6.07 Å². The van der Waals surface area contributed by atoms with Crippen LogP contribution in [0.4, 0.5) is 0 Å². The van der Waals surface area contributed by atoms with E-state index in [-0.39, 0.29) is 34.7 Å². The maximum absolute atomic E-state index is 13.2. The summed E-state index contributed by atoms with van der Waals surface area (Å²) in [6.45, 7) is 5.49. The third-order valence-electron chi connectivity index (χ3n) is 6.18. The number of nitrogens with one attached hydrogen (secondary N) is 1. The van der Waals surface area contributed by atoms with E-state index in [0.717, 1.165) is 5.56 Å². The van der Waals surface area contributed by atoms with Crippen molar-refractivity contribution in [3.05, 3.63) is 87.0 Å². The highest BCUT2D eigenvalue weighted by Crippen LogP contribution is 2.33. The first-order valence-corrected chi connectivity index (χ1v) is 11.4. The lowest BCUT2D eigenvalue weighted by atomic mass is 9.76. The monoisotopic (exact) mass is 465 g/mol. The average molecular weight is 466 g/mol. The second-order valence-electron chi connectivity index (χ2n) is 8.39. The number of halogens is 1. The Morgan fingerprint density at radius 2 is 1.67 bits per heavy atom. The minimum Gasteiger partial charge on any atom is -0.507 e. The lowest BCUT2D eigenvalue weighted by molar-refractivity contribution is -0.116. The summed E-state index contributed by atoms with van der Waals surface area (Å²) in [5, 5.41) is 13.3. The van der Waals surface area contributed by atoms with Crippen LogP contribution in [0, 0.1) is 5.92 Å². The van der Waals surface area contributed by atoms with E-state index in [1.54, 1.807) is 45.0 Å². The minimum atomic E-state index is -0.354. The molecule has 1 aliphatic rings. The van der Waals surface area contributed by atoms with Gasteiger partial charge in [0.25, 0.3) is 5.91 Å². The number of ketones is 2. The summed E-state index contributed by atoms with van der Waals surface area (Å²) in [6.07, 6.45) is 1.77. The molecule has 1 atom stereocenters. The quantitative estimate of drug-likeness (QED) is 0.413. The second kappa shape index (κ2) is 10.6. The first kappa shape index (κ1) is 24.5. The molecular formula is C27H28ClNO4. The molecule has 0 aliphatic heterocycles. The third kappa shape index (κ3) is 5.60. The topological polar surface area (TPSA) is 83.5 Å². The standard InChI is InChI=1S/C27H28ClNO4/c1-16-17(2)26(32)24(18(3)25(16)31)20(14-19-8-6-10-21(28)15-19)9-7-13-29-27(33)22-11-4-5-12-23(22)30/h4-6,8,10-12,15,20,30H,7,9,13-14H2,1-3H3,(H,29,33). The van der Waals surface area contributed by atoms with Gasteiger partial charge in [-0.1, -0.05) is 35.9 Å². The molecule has 1 aliphatic carbocycles. The number of hydrogen-bond acceptors (Lipinski definition) is 4. The van der Waals surface area contributed by atoms with Gasteiger partial charge in [-0.2, -0.15) is 0 Å². The Bertz CT molecular complexity index is 1160. The van der Waals surface area contributed by atoms with Gasteiger partial charge in [-0.3, -0.25) is 14.4 Å². The molecule has 2 N–H and O–H groups in total. The Hall–Kier alpha value is -3.18. The van der Waals surface area contributed by atoms with E-state index in [9.17, 15) is 19.5 Å². The number of carbonyl (C=O) groups excluding carboxylic acids is 3. The zero-order chi connectivity index (χ0) is 24.1. The molecule has 0 saturated carbocycles. The molecule has 2 aromatic carbocycles. The van der Waals surface area contributed by atoms with Crippen LogP contribution in [0.1, 0.15) is 49.5 Å². The van der Waals surface area contributed by atoms with Crippen LogP contribution in [0.3, 0.4) is 0 Å². The molecule has 1 amide bonds. The number of aromatic hydroxyl groups is 1. The number of carbonyl (C=O) groups is 3. The summed E-state index contributed by atoms with van der Waals surface area (Å²) in [6, 6.07) is 13.9. The highest BCUT2D eigenvalue weighted by Gasteiger charge is 2.32. The highest BCUT2D eigenvalue weighted by molar-refractivity contribution is 6.30. The molecule has 172 valence electrons. The molecular weight excluding hydrogens is 438 g/mol. The van der Waals surface area contributed by atoms with Crippen molar-refractivity contribution in [2.45, 2.75) is 40.0 Å². The number of amides is 1. The minimum absolute atomic E-state index is 0.0708. The van der Waals surface area contributed by atoms with E-state index in [0.29, 0.717) is 53.1 Å². The van der Waals surface area contributed by atoms with Gasteiger partial charge in [-0.15, -0.1) is 0 Å². The molecule has 0 radical (unpaired) electrons. The van der Waals surface area contributed by atoms with Crippen molar-refractivity contribution in [2.24, 2.45) is 5.92 Å². The first-order chi connectivity index (χ1) is 15.7. The van der Waals surface area contributed by atoms with Gasteiger partial charge in [0.15, 0.2) is 11.6 Å². The Kier molecular flexibility index (Phi) is 7.88. The van der Waals surface area contributed by atoms with Crippen molar-refractivity contribution >= 4 is 29.1 Å². The van der Waals surface area contributed by atoms with Crippen molar-refractivity contribution in [1.29, 1.82) is 0 Å². The SMILES string of the molecule is CC1=C(C)C(=O)C(C(CCCNC(=O)c2ccccc2O)Cc2cccc(Cl)c2)=C(C)C1=O. The molecule has 2 aromatic rings. The summed E-state index contributed by atoms with van der Waals surface area (Å²) >= 11 is 6.16. The van der Waals surface area contributed by atoms with Crippen molar-refractivity contribution in [2.75, 3.05) is 6.54 Å². The number of phenols is 1. The van der Waals surface area contributed by atoms with Gasteiger partial charge >= 0.3 is 0 Å². The fraction of sp³-hybridized carbons (Fsp3) is 0.296. The molecule has 5 nitrogen and oxygen atoms in total. The van der Waals surface area contributed by atoms with Crippen molar-refractivity contribution in [3.8, 4) is 5.75 Å². The van der Waals surface area contributed by atoms with Gasteiger partial charge < -0.3 is 10.4 Å². The number of phenolic OH excluding ortho intramolecular Hbond substituents is 1. The second-order valence-corrected chi connectivity index (χ2v) is 8.83.